The Bertz CT molecular complexity index is 526. The Morgan fingerprint density at radius 2 is 2.00 bits per heavy atom. The average molecular weight is 228 g/mol. The lowest BCUT2D eigenvalue weighted by molar-refractivity contribution is -0.142. The largest absolute Gasteiger partial charge is 0.431 e. The summed E-state index contributed by atoms with van der Waals surface area (Å²) in [6, 6.07) is 2.89. The summed E-state index contributed by atoms with van der Waals surface area (Å²) in [6.07, 6.45) is -1.95. The maximum absolute atomic E-state index is 12.6. The first-order valence-corrected chi connectivity index (χ1v) is 4.95. The van der Waals surface area contributed by atoms with Crippen LogP contribution in [0, 0.1) is 0 Å². The summed E-state index contributed by atoms with van der Waals surface area (Å²) < 4.78 is 38.9. The van der Waals surface area contributed by atoms with Crippen molar-refractivity contribution in [1.29, 1.82) is 0 Å². The third-order valence-electron chi connectivity index (χ3n) is 2.62. The number of nitrogens with zero attached hydrogens (tertiary/aromatic N) is 2. The zero-order valence-corrected chi connectivity index (χ0v) is 8.97. The molecule has 0 bridgehead atoms. The van der Waals surface area contributed by atoms with Gasteiger partial charge in [-0.1, -0.05) is 6.92 Å². The van der Waals surface area contributed by atoms with Crippen molar-refractivity contribution in [3.8, 4) is 0 Å². The Morgan fingerprint density at radius 1 is 1.31 bits per heavy atom. The number of pyridine rings is 1. The van der Waals surface area contributed by atoms with E-state index in [9.17, 15) is 13.2 Å². The highest BCUT2D eigenvalue weighted by Gasteiger charge is 2.34. The molecule has 0 spiro atoms. The number of rotatable bonds is 1. The monoisotopic (exact) mass is 228 g/mol. The molecule has 2 heterocycles. The minimum Gasteiger partial charge on any atom is -0.325 e. The minimum absolute atomic E-state index is 0.365. The summed E-state index contributed by atoms with van der Waals surface area (Å²) in [5.74, 6) is 0. The van der Waals surface area contributed by atoms with Gasteiger partial charge in [0.15, 0.2) is 0 Å². The fourth-order valence-electron chi connectivity index (χ4n) is 1.73. The molecule has 0 fully saturated rings. The molecule has 86 valence electrons. The summed E-state index contributed by atoms with van der Waals surface area (Å²) in [7, 11) is 1.38. The van der Waals surface area contributed by atoms with Gasteiger partial charge in [0.1, 0.15) is 11.3 Å². The van der Waals surface area contributed by atoms with E-state index in [-0.39, 0.29) is 0 Å². The van der Waals surface area contributed by atoms with Crippen molar-refractivity contribution in [3.05, 3.63) is 29.6 Å². The van der Waals surface area contributed by atoms with Crippen LogP contribution in [0.25, 0.3) is 11.0 Å². The van der Waals surface area contributed by atoms with Gasteiger partial charge in [-0.25, -0.2) is 4.98 Å². The smallest absolute Gasteiger partial charge is 0.325 e. The first-order chi connectivity index (χ1) is 7.43. The zero-order valence-electron chi connectivity index (χ0n) is 8.97. The fourth-order valence-corrected chi connectivity index (χ4v) is 1.73. The van der Waals surface area contributed by atoms with Crippen molar-refractivity contribution in [1.82, 2.24) is 9.55 Å². The quantitative estimate of drug-likeness (QED) is 0.733. The van der Waals surface area contributed by atoms with E-state index in [1.54, 1.807) is 12.3 Å². The first-order valence-electron chi connectivity index (χ1n) is 4.95. The maximum Gasteiger partial charge on any atom is 0.431 e. The number of fused-ring (bicyclic) bond motifs is 1. The van der Waals surface area contributed by atoms with Gasteiger partial charge >= 0.3 is 6.18 Å². The Kier molecular flexibility index (Phi) is 2.40. The van der Waals surface area contributed by atoms with Crippen LogP contribution in [0.3, 0.4) is 0 Å². The lowest BCUT2D eigenvalue weighted by Gasteiger charge is -2.06. The van der Waals surface area contributed by atoms with E-state index >= 15 is 0 Å². The molecule has 0 aromatic carbocycles. The molecule has 0 unspecified atom stereocenters. The van der Waals surface area contributed by atoms with Crippen LogP contribution < -0.4 is 0 Å². The molecule has 5 heteroatoms. The molecule has 0 saturated carbocycles. The Balaban J connectivity index is 2.68. The standard InChI is InChI=1S/C11H11F3N2/c1-3-7-4-8-5-9(11(12,13)14)16(2)10(8)15-6-7/h4-6H,3H2,1-2H3. The van der Waals surface area contributed by atoms with Crippen LogP contribution in [0.2, 0.25) is 0 Å². The summed E-state index contributed by atoms with van der Waals surface area (Å²) in [5.41, 5.74) is 0.639. The van der Waals surface area contributed by atoms with Crippen LogP contribution in [0.1, 0.15) is 18.2 Å². The van der Waals surface area contributed by atoms with Crippen LogP contribution in [-0.4, -0.2) is 9.55 Å². The first kappa shape index (κ1) is 11.0. The Labute approximate surface area is 90.7 Å². The van der Waals surface area contributed by atoms with E-state index in [0.717, 1.165) is 22.6 Å². The van der Waals surface area contributed by atoms with Gasteiger partial charge in [0.2, 0.25) is 0 Å². The second-order valence-corrected chi connectivity index (χ2v) is 3.70. The molecule has 0 N–H and O–H groups in total. The summed E-state index contributed by atoms with van der Waals surface area (Å²) in [4.78, 5) is 4.05. The second kappa shape index (κ2) is 3.50. The van der Waals surface area contributed by atoms with E-state index in [4.69, 9.17) is 0 Å². The molecular formula is C11H11F3N2. The van der Waals surface area contributed by atoms with Crippen LogP contribution in [0.4, 0.5) is 13.2 Å². The SMILES string of the molecule is CCc1cnc2c(c1)cc(C(F)(F)F)n2C. The number of aromatic nitrogens is 2. The number of halogens is 3. The summed E-state index contributed by atoms with van der Waals surface area (Å²) >= 11 is 0. The normalized spacial score (nSPS) is 12.3. The lowest BCUT2D eigenvalue weighted by atomic mass is 10.2. The molecule has 2 nitrogen and oxygen atoms in total. The lowest BCUT2D eigenvalue weighted by Crippen LogP contribution is -2.10. The van der Waals surface area contributed by atoms with Gasteiger partial charge in [0.05, 0.1) is 0 Å². The third-order valence-corrected chi connectivity index (χ3v) is 2.62. The molecule has 2 aromatic rings. The Hall–Kier alpha value is -1.52. The predicted octanol–water partition coefficient (Wildman–Crippen LogP) is 3.15. The molecular weight excluding hydrogens is 217 g/mol. The van der Waals surface area contributed by atoms with E-state index in [1.165, 1.54) is 7.05 Å². The van der Waals surface area contributed by atoms with E-state index in [2.05, 4.69) is 4.98 Å². The summed E-state index contributed by atoms with van der Waals surface area (Å²) in [5, 5.41) is 0.536. The highest BCUT2D eigenvalue weighted by Crippen LogP contribution is 2.32. The average Bonchev–Trinajstić information content (AvgIpc) is 2.55. The van der Waals surface area contributed by atoms with Crippen LogP contribution in [0.5, 0.6) is 0 Å². The molecule has 0 amide bonds. The zero-order chi connectivity index (χ0) is 11.9. The molecule has 0 aliphatic rings. The van der Waals surface area contributed by atoms with Crippen molar-refractivity contribution in [2.24, 2.45) is 7.05 Å². The van der Waals surface area contributed by atoms with E-state index in [0.29, 0.717) is 11.0 Å². The van der Waals surface area contributed by atoms with Gasteiger partial charge in [-0.2, -0.15) is 13.2 Å². The second-order valence-electron chi connectivity index (χ2n) is 3.70. The van der Waals surface area contributed by atoms with Crippen LogP contribution >= 0.6 is 0 Å². The number of aryl methyl sites for hydroxylation is 2. The number of alkyl halides is 3. The molecule has 2 rings (SSSR count). The van der Waals surface area contributed by atoms with E-state index < -0.39 is 11.9 Å². The van der Waals surface area contributed by atoms with Gasteiger partial charge in [-0.15, -0.1) is 0 Å². The van der Waals surface area contributed by atoms with Crippen molar-refractivity contribution < 1.29 is 13.2 Å². The topological polar surface area (TPSA) is 17.8 Å². The van der Waals surface area contributed by atoms with Gasteiger partial charge in [-0.3, -0.25) is 0 Å². The highest BCUT2D eigenvalue weighted by molar-refractivity contribution is 5.78. The Morgan fingerprint density at radius 3 is 2.56 bits per heavy atom. The van der Waals surface area contributed by atoms with E-state index in [1.807, 2.05) is 6.92 Å². The highest BCUT2D eigenvalue weighted by atomic mass is 19.4. The van der Waals surface area contributed by atoms with Crippen molar-refractivity contribution >= 4 is 11.0 Å². The van der Waals surface area contributed by atoms with Crippen LogP contribution in [0.15, 0.2) is 18.3 Å². The fraction of sp³-hybridized carbons (Fsp3) is 0.364. The summed E-state index contributed by atoms with van der Waals surface area (Å²) in [6.45, 7) is 1.94. The molecule has 0 radical (unpaired) electrons. The third kappa shape index (κ3) is 1.66. The number of hydrogen-bond acceptors (Lipinski definition) is 1. The van der Waals surface area contributed by atoms with Gasteiger partial charge in [0, 0.05) is 18.6 Å². The van der Waals surface area contributed by atoms with Gasteiger partial charge in [-0.05, 0) is 24.1 Å². The predicted molar refractivity (Wildman–Crippen MR) is 55.1 cm³/mol. The molecule has 0 saturated heterocycles. The number of hydrogen-bond donors (Lipinski definition) is 0. The molecule has 2 aromatic heterocycles. The molecule has 0 aliphatic heterocycles. The van der Waals surface area contributed by atoms with Crippen molar-refractivity contribution in [2.45, 2.75) is 19.5 Å². The van der Waals surface area contributed by atoms with Gasteiger partial charge in [0.25, 0.3) is 0 Å². The molecule has 0 aliphatic carbocycles. The van der Waals surface area contributed by atoms with Crippen LogP contribution in [-0.2, 0) is 19.6 Å². The van der Waals surface area contributed by atoms with Crippen molar-refractivity contribution in [2.75, 3.05) is 0 Å². The van der Waals surface area contributed by atoms with Gasteiger partial charge < -0.3 is 4.57 Å². The maximum atomic E-state index is 12.6. The van der Waals surface area contributed by atoms with Crippen molar-refractivity contribution in [3.63, 3.8) is 0 Å². The minimum atomic E-state index is -4.33. The molecule has 16 heavy (non-hydrogen) atoms. The molecule has 0 atom stereocenters.